The van der Waals surface area contributed by atoms with Crippen molar-refractivity contribution in [1.82, 2.24) is 5.32 Å². The topological polar surface area (TPSA) is 75.6 Å². The molecule has 5 nitrogen and oxygen atoms in total. The molecule has 0 unspecified atom stereocenters. The Morgan fingerprint density at radius 1 is 1.29 bits per heavy atom. The first-order valence-corrected chi connectivity index (χ1v) is 5.41. The van der Waals surface area contributed by atoms with Crippen molar-refractivity contribution in [1.29, 1.82) is 0 Å². The van der Waals surface area contributed by atoms with E-state index in [0.29, 0.717) is 0 Å². The van der Waals surface area contributed by atoms with Crippen molar-refractivity contribution in [2.75, 3.05) is 0 Å². The normalized spacial score (nSPS) is 15.2. The van der Waals surface area contributed by atoms with E-state index in [0.717, 1.165) is 0 Å². The van der Waals surface area contributed by atoms with Crippen molar-refractivity contribution >= 4 is 12.1 Å². The van der Waals surface area contributed by atoms with Crippen LogP contribution >= 0.6 is 0 Å². The number of carbonyl (C=O) groups is 2. The van der Waals surface area contributed by atoms with Gasteiger partial charge in [0.1, 0.15) is 5.60 Å². The fourth-order valence-corrected chi connectivity index (χ4v) is 1.18. The highest BCUT2D eigenvalue weighted by molar-refractivity contribution is 5.75. The number of carbonyl (C=O) groups excluding carboxylic acids is 1. The average Bonchev–Trinajstić information content (AvgIpc) is 2.09. The van der Waals surface area contributed by atoms with Crippen LogP contribution in [0.2, 0.25) is 0 Å². The number of carboxylic acid groups (broad SMARTS) is 1. The summed E-state index contributed by atoms with van der Waals surface area (Å²) in [6.07, 6.45) is -2.97. The lowest BCUT2D eigenvalue weighted by Gasteiger charge is -2.26. The number of carboxylic acids is 1. The predicted octanol–water partition coefficient (Wildman–Crippen LogP) is 1.96. The maximum atomic E-state index is 13.4. The molecule has 0 fully saturated rings. The monoisotopic (exact) mass is 249 g/mol. The molecule has 2 N–H and O–H groups in total. The Bertz CT molecular complexity index is 286. The molecule has 0 aliphatic rings. The number of amides is 1. The van der Waals surface area contributed by atoms with E-state index >= 15 is 0 Å². The van der Waals surface area contributed by atoms with Gasteiger partial charge in [-0.3, -0.25) is 0 Å². The van der Waals surface area contributed by atoms with Gasteiger partial charge in [-0.05, 0) is 26.7 Å². The van der Waals surface area contributed by atoms with E-state index < -0.39 is 29.9 Å². The van der Waals surface area contributed by atoms with E-state index in [1.165, 1.54) is 0 Å². The summed E-state index contributed by atoms with van der Waals surface area (Å²) in [5.74, 6) is -1.95. The van der Waals surface area contributed by atoms with E-state index in [1.807, 2.05) is 0 Å². The zero-order valence-corrected chi connectivity index (χ0v) is 10.8. The van der Waals surface area contributed by atoms with Crippen LogP contribution in [-0.4, -0.2) is 35.0 Å². The van der Waals surface area contributed by atoms with Gasteiger partial charge in [0.05, 0.1) is 6.04 Å². The van der Waals surface area contributed by atoms with Gasteiger partial charge in [0.2, 0.25) is 6.17 Å². The third-order valence-electron chi connectivity index (χ3n) is 1.95. The Hall–Kier alpha value is -1.33. The number of alkyl halides is 1. The highest BCUT2D eigenvalue weighted by Gasteiger charge is 2.32. The first kappa shape index (κ1) is 15.7. The Morgan fingerprint density at radius 3 is 2.06 bits per heavy atom. The van der Waals surface area contributed by atoms with Crippen LogP contribution < -0.4 is 5.32 Å². The highest BCUT2D eigenvalue weighted by atomic mass is 19.1. The summed E-state index contributed by atoms with van der Waals surface area (Å²) in [4.78, 5) is 22.0. The van der Waals surface area contributed by atoms with Crippen LogP contribution in [0.3, 0.4) is 0 Å². The Labute approximate surface area is 100 Å². The smallest absolute Gasteiger partial charge is 0.407 e. The minimum Gasteiger partial charge on any atom is -0.479 e. The lowest BCUT2D eigenvalue weighted by atomic mass is 10.00. The lowest BCUT2D eigenvalue weighted by Crippen LogP contribution is -2.49. The maximum absolute atomic E-state index is 13.4. The Morgan fingerprint density at radius 2 is 1.76 bits per heavy atom. The quantitative estimate of drug-likeness (QED) is 0.798. The number of aliphatic carboxylic acids is 1. The zero-order chi connectivity index (χ0) is 13.8. The summed E-state index contributed by atoms with van der Waals surface area (Å²) in [7, 11) is 0. The molecular formula is C11H20FNO4. The minimum atomic E-state index is -2.15. The first-order chi connectivity index (χ1) is 7.54. The van der Waals surface area contributed by atoms with Crippen LogP contribution in [0.5, 0.6) is 0 Å². The van der Waals surface area contributed by atoms with E-state index in [2.05, 4.69) is 5.32 Å². The molecule has 0 saturated heterocycles. The van der Waals surface area contributed by atoms with Gasteiger partial charge in [-0.1, -0.05) is 13.8 Å². The molecule has 17 heavy (non-hydrogen) atoms. The molecule has 0 aliphatic heterocycles. The van der Waals surface area contributed by atoms with Crippen LogP contribution in [0.15, 0.2) is 0 Å². The number of alkyl carbamates (subject to hydrolysis) is 1. The molecule has 0 heterocycles. The maximum Gasteiger partial charge on any atom is 0.407 e. The zero-order valence-electron chi connectivity index (χ0n) is 10.8. The second-order valence-electron chi connectivity index (χ2n) is 5.16. The van der Waals surface area contributed by atoms with Crippen molar-refractivity contribution in [2.45, 2.75) is 52.4 Å². The largest absolute Gasteiger partial charge is 0.479 e. The van der Waals surface area contributed by atoms with E-state index in [4.69, 9.17) is 9.84 Å². The fourth-order valence-electron chi connectivity index (χ4n) is 1.18. The van der Waals surface area contributed by atoms with Gasteiger partial charge in [0, 0.05) is 0 Å². The highest BCUT2D eigenvalue weighted by Crippen LogP contribution is 2.12. The predicted molar refractivity (Wildman–Crippen MR) is 60.5 cm³/mol. The molecule has 2 atom stereocenters. The van der Waals surface area contributed by atoms with E-state index in [-0.39, 0.29) is 5.92 Å². The second kappa shape index (κ2) is 5.84. The average molecular weight is 249 g/mol. The fraction of sp³-hybridized carbons (Fsp3) is 0.818. The summed E-state index contributed by atoms with van der Waals surface area (Å²) < 4.78 is 18.3. The molecular weight excluding hydrogens is 229 g/mol. The molecule has 0 aromatic carbocycles. The van der Waals surface area contributed by atoms with Gasteiger partial charge in [-0.15, -0.1) is 0 Å². The molecule has 0 aliphatic carbocycles. The molecule has 0 aromatic rings. The lowest BCUT2D eigenvalue weighted by molar-refractivity contribution is -0.144. The van der Waals surface area contributed by atoms with Gasteiger partial charge in [-0.25, -0.2) is 14.0 Å². The molecule has 0 saturated carbocycles. The van der Waals surface area contributed by atoms with E-state index in [9.17, 15) is 14.0 Å². The number of nitrogens with one attached hydrogen (secondary N) is 1. The molecule has 0 aromatic heterocycles. The van der Waals surface area contributed by atoms with Gasteiger partial charge >= 0.3 is 12.1 Å². The van der Waals surface area contributed by atoms with Crippen LogP contribution in [0.4, 0.5) is 9.18 Å². The molecule has 0 spiro atoms. The van der Waals surface area contributed by atoms with Crippen molar-refractivity contribution in [3.8, 4) is 0 Å². The SMILES string of the molecule is CC(C)[C@H](NC(=O)OC(C)(C)C)[C@@H](F)C(=O)O. The first-order valence-electron chi connectivity index (χ1n) is 5.41. The Balaban J connectivity index is 4.57. The van der Waals surface area contributed by atoms with Crippen LogP contribution in [0.25, 0.3) is 0 Å². The third-order valence-corrected chi connectivity index (χ3v) is 1.95. The van der Waals surface area contributed by atoms with Gasteiger partial charge < -0.3 is 15.2 Å². The number of hydrogen-bond donors (Lipinski definition) is 2. The number of hydrogen-bond acceptors (Lipinski definition) is 3. The minimum absolute atomic E-state index is 0.353. The second-order valence-corrected chi connectivity index (χ2v) is 5.16. The third kappa shape index (κ3) is 6.09. The van der Waals surface area contributed by atoms with E-state index in [1.54, 1.807) is 34.6 Å². The van der Waals surface area contributed by atoms with Crippen molar-refractivity contribution in [2.24, 2.45) is 5.92 Å². The van der Waals surface area contributed by atoms with Crippen LogP contribution in [0.1, 0.15) is 34.6 Å². The molecule has 0 radical (unpaired) electrons. The summed E-state index contributed by atoms with van der Waals surface area (Å²) in [6.45, 7) is 8.25. The molecule has 0 rings (SSSR count). The number of halogens is 1. The van der Waals surface area contributed by atoms with Crippen LogP contribution in [-0.2, 0) is 9.53 Å². The van der Waals surface area contributed by atoms with Gasteiger partial charge in [0.15, 0.2) is 0 Å². The van der Waals surface area contributed by atoms with Gasteiger partial charge in [-0.2, -0.15) is 0 Å². The molecule has 1 amide bonds. The molecule has 100 valence electrons. The number of ether oxygens (including phenoxy) is 1. The van der Waals surface area contributed by atoms with Crippen LogP contribution in [0, 0.1) is 5.92 Å². The summed E-state index contributed by atoms with van der Waals surface area (Å²) in [6, 6.07) is -1.11. The summed E-state index contributed by atoms with van der Waals surface area (Å²) >= 11 is 0. The molecule has 0 bridgehead atoms. The Kier molecular flexibility index (Phi) is 5.38. The molecule has 6 heteroatoms. The van der Waals surface area contributed by atoms with Crippen molar-refractivity contribution < 1.29 is 23.8 Å². The van der Waals surface area contributed by atoms with Crippen molar-refractivity contribution in [3.63, 3.8) is 0 Å². The summed E-state index contributed by atoms with van der Waals surface area (Å²) in [5.41, 5.74) is -0.708. The van der Waals surface area contributed by atoms with Crippen molar-refractivity contribution in [3.05, 3.63) is 0 Å². The standard InChI is InChI=1S/C11H20FNO4/c1-6(2)8(7(12)9(14)15)13-10(16)17-11(3,4)5/h6-8H,1-5H3,(H,13,16)(H,14,15)/t7-,8+/m1/s1. The van der Waals surface area contributed by atoms with Gasteiger partial charge in [0.25, 0.3) is 0 Å². The number of rotatable bonds is 4. The summed E-state index contributed by atoms with van der Waals surface area (Å²) in [5, 5.41) is 10.8.